The molecule has 0 atom stereocenters. The van der Waals surface area contributed by atoms with E-state index >= 15 is 0 Å². The Balaban J connectivity index is 2.28. The molecule has 7 nitrogen and oxygen atoms in total. The van der Waals surface area contributed by atoms with Crippen LogP contribution in [-0.2, 0) is 10.0 Å². The number of carboxylic acid groups (broad SMARTS) is 1. The molecule has 0 aliphatic heterocycles. The zero-order valence-electron chi connectivity index (χ0n) is 8.55. The Morgan fingerprint density at radius 3 is 2.78 bits per heavy atom. The predicted molar refractivity (Wildman–Crippen MR) is 68.4 cm³/mol. The van der Waals surface area contributed by atoms with Gasteiger partial charge in [0.2, 0.25) is 0 Å². The lowest BCUT2D eigenvalue weighted by atomic mass is 10.4. The van der Waals surface area contributed by atoms with Gasteiger partial charge in [-0.1, -0.05) is 0 Å². The maximum atomic E-state index is 11.9. The Bertz CT molecular complexity index is 691. The minimum absolute atomic E-state index is 0.0762. The number of H-pyrrole nitrogens is 1. The van der Waals surface area contributed by atoms with E-state index in [-0.39, 0.29) is 15.7 Å². The molecule has 0 aliphatic carbocycles. The summed E-state index contributed by atoms with van der Waals surface area (Å²) in [4.78, 5) is 10.6. The molecule has 0 aliphatic rings. The molecular formula is C8H6BrN3O4S2. The minimum Gasteiger partial charge on any atom is -0.477 e. The highest BCUT2D eigenvalue weighted by Gasteiger charge is 2.21. The van der Waals surface area contributed by atoms with E-state index in [0.717, 1.165) is 17.4 Å². The first-order valence-electron chi connectivity index (χ1n) is 4.44. The number of aromatic nitrogens is 2. The molecule has 3 N–H and O–H groups in total. The molecule has 0 spiro atoms. The third kappa shape index (κ3) is 2.54. The van der Waals surface area contributed by atoms with E-state index in [0.29, 0.717) is 4.47 Å². The predicted octanol–water partition coefficient (Wildman–Crippen LogP) is 1.73. The molecule has 0 aromatic carbocycles. The Kier molecular flexibility index (Phi) is 3.41. The second kappa shape index (κ2) is 4.71. The molecule has 96 valence electrons. The highest BCUT2D eigenvalue weighted by Crippen LogP contribution is 2.28. The first kappa shape index (κ1) is 13.1. The molecule has 0 amide bonds. The fourth-order valence-electron chi connectivity index (χ4n) is 1.14. The molecule has 0 saturated heterocycles. The lowest BCUT2D eigenvalue weighted by molar-refractivity contribution is 0.0690. The normalized spacial score (nSPS) is 11.4. The van der Waals surface area contributed by atoms with Gasteiger partial charge in [-0.3, -0.25) is 9.82 Å². The van der Waals surface area contributed by atoms with Crippen LogP contribution in [0.2, 0.25) is 0 Å². The number of carboxylic acids is 1. The van der Waals surface area contributed by atoms with Crippen molar-refractivity contribution >= 4 is 49.1 Å². The SMILES string of the molecule is O=C(O)c1cc(NS(=O)(=O)c2sccc2Br)n[nH]1. The van der Waals surface area contributed by atoms with Gasteiger partial charge in [-0.15, -0.1) is 11.3 Å². The van der Waals surface area contributed by atoms with E-state index < -0.39 is 16.0 Å². The topological polar surface area (TPSA) is 112 Å². The maximum Gasteiger partial charge on any atom is 0.353 e. The van der Waals surface area contributed by atoms with Gasteiger partial charge in [0.25, 0.3) is 10.0 Å². The van der Waals surface area contributed by atoms with Crippen LogP contribution < -0.4 is 4.72 Å². The quantitative estimate of drug-likeness (QED) is 0.776. The van der Waals surface area contributed by atoms with Crippen molar-refractivity contribution in [2.24, 2.45) is 0 Å². The fraction of sp³-hybridized carbons (Fsp3) is 0. The number of sulfonamides is 1. The van der Waals surface area contributed by atoms with Crippen molar-refractivity contribution in [1.29, 1.82) is 0 Å². The van der Waals surface area contributed by atoms with E-state index in [1.165, 1.54) is 0 Å². The molecule has 0 unspecified atom stereocenters. The van der Waals surface area contributed by atoms with Crippen molar-refractivity contribution in [1.82, 2.24) is 10.2 Å². The summed E-state index contributed by atoms with van der Waals surface area (Å²) in [6, 6.07) is 2.70. The summed E-state index contributed by atoms with van der Waals surface area (Å²) in [6.45, 7) is 0. The highest BCUT2D eigenvalue weighted by atomic mass is 79.9. The Morgan fingerprint density at radius 2 is 2.28 bits per heavy atom. The number of hydrogen-bond acceptors (Lipinski definition) is 5. The van der Waals surface area contributed by atoms with Crippen LogP contribution in [0.25, 0.3) is 0 Å². The number of aromatic carboxylic acids is 1. The lowest BCUT2D eigenvalue weighted by Crippen LogP contribution is -2.12. The Labute approximate surface area is 114 Å². The van der Waals surface area contributed by atoms with Crippen LogP contribution >= 0.6 is 27.3 Å². The van der Waals surface area contributed by atoms with Gasteiger partial charge >= 0.3 is 5.97 Å². The number of nitrogens with zero attached hydrogens (tertiary/aromatic N) is 1. The summed E-state index contributed by atoms with van der Waals surface area (Å²) in [5, 5.41) is 16.0. The fourth-order valence-corrected chi connectivity index (χ4v) is 4.47. The largest absolute Gasteiger partial charge is 0.477 e. The monoisotopic (exact) mass is 351 g/mol. The molecule has 0 saturated carbocycles. The number of aromatic amines is 1. The number of halogens is 1. The second-order valence-corrected chi connectivity index (χ2v) is 6.78. The van der Waals surface area contributed by atoms with Crippen LogP contribution in [0.4, 0.5) is 5.82 Å². The molecule has 18 heavy (non-hydrogen) atoms. The number of hydrogen-bond donors (Lipinski definition) is 3. The number of nitrogens with one attached hydrogen (secondary N) is 2. The minimum atomic E-state index is -3.77. The van der Waals surface area contributed by atoms with Gasteiger partial charge in [-0.2, -0.15) is 5.10 Å². The van der Waals surface area contributed by atoms with E-state index in [9.17, 15) is 13.2 Å². The third-order valence-electron chi connectivity index (χ3n) is 1.88. The number of carbonyl (C=O) groups is 1. The standard InChI is InChI=1S/C8H6BrN3O4S2/c9-4-1-2-17-8(4)18(15,16)12-6-3-5(7(13)14)10-11-6/h1-3H,(H,13,14)(H2,10,11,12). The van der Waals surface area contributed by atoms with Crippen molar-refractivity contribution in [3.8, 4) is 0 Å². The van der Waals surface area contributed by atoms with E-state index in [1.54, 1.807) is 11.4 Å². The van der Waals surface area contributed by atoms with Crippen molar-refractivity contribution in [3.63, 3.8) is 0 Å². The zero-order valence-corrected chi connectivity index (χ0v) is 11.8. The van der Waals surface area contributed by atoms with Crippen LogP contribution in [0.5, 0.6) is 0 Å². The summed E-state index contributed by atoms with van der Waals surface area (Å²) in [7, 11) is -3.77. The molecule has 2 aromatic heterocycles. The summed E-state index contributed by atoms with van der Waals surface area (Å²) < 4.78 is 26.6. The van der Waals surface area contributed by atoms with E-state index in [2.05, 4.69) is 30.8 Å². The summed E-state index contributed by atoms with van der Waals surface area (Å²) >= 11 is 4.15. The number of thiophene rings is 1. The van der Waals surface area contributed by atoms with Crippen LogP contribution in [-0.4, -0.2) is 29.7 Å². The summed E-state index contributed by atoms with van der Waals surface area (Å²) in [5.41, 5.74) is -0.196. The maximum absolute atomic E-state index is 11.9. The first-order chi connectivity index (χ1) is 8.40. The highest BCUT2D eigenvalue weighted by molar-refractivity contribution is 9.10. The van der Waals surface area contributed by atoms with Gasteiger partial charge in [0, 0.05) is 10.5 Å². The van der Waals surface area contributed by atoms with Crippen molar-refractivity contribution in [3.05, 3.63) is 27.7 Å². The van der Waals surface area contributed by atoms with Gasteiger partial charge < -0.3 is 5.11 Å². The number of anilines is 1. The first-order valence-corrected chi connectivity index (χ1v) is 7.60. The van der Waals surface area contributed by atoms with Gasteiger partial charge in [-0.05, 0) is 27.4 Å². The van der Waals surface area contributed by atoms with Crippen LogP contribution in [0, 0.1) is 0 Å². The molecule has 2 heterocycles. The molecule has 0 bridgehead atoms. The molecule has 2 aromatic rings. The van der Waals surface area contributed by atoms with Crippen molar-refractivity contribution in [2.75, 3.05) is 4.72 Å². The number of rotatable bonds is 4. The third-order valence-corrected chi connectivity index (χ3v) is 5.90. The summed E-state index contributed by atoms with van der Waals surface area (Å²) in [5.74, 6) is -1.29. The van der Waals surface area contributed by atoms with Crippen LogP contribution in [0.3, 0.4) is 0 Å². The van der Waals surface area contributed by atoms with Crippen molar-refractivity contribution in [2.45, 2.75) is 4.21 Å². The average molecular weight is 352 g/mol. The van der Waals surface area contributed by atoms with E-state index in [1.807, 2.05) is 0 Å². The Hall–Kier alpha value is -1.39. The second-order valence-electron chi connectivity index (χ2n) is 3.13. The Morgan fingerprint density at radius 1 is 1.56 bits per heavy atom. The van der Waals surface area contributed by atoms with Gasteiger partial charge in [0.1, 0.15) is 5.69 Å². The zero-order chi connectivity index (χ0) is 13.3. The molecule has 0 fully saturated rings. The van der Waals surface area contributed by atoms with Gasteiger partial charge in [0.05, 0.1) is 0 Å². The van der Waals surface area contributed by atoms with Crippen LogP contribution in [0.1, 0.15) is 10.5 Å². The molecule has 0 radical (unpaired) electrons. The smallest absolute Gasteiger partial charge is 0.353 e. The van der Waals surface area contributed by atoms with Crippen LogP contribution in [0.15, 0.2) is 26.2 Å². The van der Waals surface area contributed by atoms with Gasteiger partial charge in [0.15, 0.2) is 10.0 Å². The van der Waals surface area contributed by atoms with Gasteiger partial charge in [-0.25, -0.2) is 13.2 Å². The summed E-state index contributed by atoms with van der Waals surface area (Å²) in [6.07, 6.45) is 0. The van der Waals surface area contributed by atoms with E-state index in [4.69, 9.17) is 5.11 Å². The lowest BCUT2D eigenvalue weighted by Gasteiger charge is -2.02. The van der Waals surface area contributed by atoms with Crippen molar-refractivity contribution < 1.29 is 18.3 Å². The molecule has 10 heteroatoms. The average Bonchev–Trinajstić information content (AvgIpc) is 2.86. The molecular weight excluding hydrogens is 346 g/mol. The molecule has 2 rings (SSSR count).